The van der Waals surface area contributed by atoms with E-state index >= 15 is 0 Å². The van der Waals surface area contributed by atoms with E-state index in [9.17, 15) is 0 Å². The zero-order chi connectivity index (χ0) is 20.5. The van der Waals surface area contributed by atoms with Crippen LogP contribution >= 0.6 is 22.7 Å². The lowest BCUT2D eigenvalue weighted by Gasteiger charge is -2.12. The summed E-state index contributed by atoms with van der Waals surface area (Å²) in [5.74, 6) is 0.596. The third-order valence-electron chi connectivity index (χ3n) is 5.59. The molecule has 0 saturated heterocycles. The highest BCUT2D eigenvalue weighted by molar-refractivity contribution is 7.58. The van der Waals surface area contributed by atoms with Gasteiger partial charge in [-0.15, -0.1) is 22.7 Å². The molecule has 0 N–H and O–H groups in total. The third kappa shape index (κ3) is 3.46. The van der Waals surface area contributed by atoms with Gasteiger partial charge in [0.2, 0.25) is 0 Å². The quantitative estimate of drug-likeness (QED) is 0.240. The van der Waals surface area contributed by atoms with Crippen molar-refractivity contribution in [1.82, 2.24) is 15.0 Å². The van der Waals surface area contributed by atoms with Gasteiger partial charge in [-0.25, -0.2) is 0 Å². The number of rotatable bonds is 8. The Labute approximate surface area is 187 Å². The fourth-order valence-electron chi connectivity index (χ4n) is 3.96. The van der Waals surface area contributed by atoms with Crippen molar-refractivity contribution in [2.75, 3.05) is 0 Å². The van der Waals surface area contributed by atoms with Gasteiger partial charge in [-0.1, -0.05) is 45.2 Å². The van der Waals surface area contributed by atoms with Crippen LogP contribution < -0.4 is 0 Å². The van der Waals surface area contributed by atoms with Gasteiger partial charge in [-0.05, 0) is 35.2 Å². The van der Waals surface area contributed by atoms with Gasteiger partial charge in [0.25, 0.3) is 0 Å². The number of hydrogen-bond acceptors (Lipinski definition) is 6. The Balaban J connectivity index is 1.72. The van der Waals surface area contributed by atoms with Gasteiger partial charge in [-0.2, -0.15) is 23.7 Å². The molecule has 4 heterocycles. The molecule has 0 bridgehead atoms. The van der Waals surface area contributed by atoms with E-state index in [-0.39, 0.29) is 0 Å². The number of unbranched alkanes of at least 4 members (excludes halogenated alkanes) is 1. The highest BCUT2D eigenvalue weighted by atomic mass is 32.1. The van der Waals surface area contributed by atoms with Crippen LogP contribution in [0, 0.1) is 5.92 Å². The van der Waals surface area contributed by atoms with Crippen LogP contribution in [0.2, 0.25) is 0 Å². The van der Waals surface area contributed by atoms with E-state index in [2.05, 4.69) is 57.6 Å². The van der Waals surface area contributed by atoms with Gasteiger partial charge in [0.1, 0.15) is 22.4 Å². The molecule has 0 radical (unpaired) electrons. The molecule has 3 aromatic heterocycles. The maximum Gasteiger partial charge on any atom is 0.124 e. The Morgan fingerprint density at radius 1 is 0.900 bits per heavy atom. The molecule has 5 nitrogen and oxygen atoms in total. The van der Waals surface area contributed by atoms with E-state index < -0.39 is 0 Å². The molecule has 1 atom stereocenters. The Bertz CT molecular complexity index is 1150. The Kier molecular flexibility index (Phi) is 5.62. The minimum atomic E-state index is 0.596. The first-order valence-corrected chi connectivity index (χ1v) is 12.9. The van der Waals surface area contributed by atoms with Gasteiger partial charge in [-0.3, -0.25) is 0 Å². The summed E-state index contributed by atoms with van der Waals surface area (Å²) < 4.78 is 9.37. The zero-order valence-electron chi connectivity index (χ0n) is 17.0. The SMILES string of the molecule is CCCCC(CC)Cn1nc2c(-c3cccs3)c3c(c(-c4cccs4)c2n1)N=S=N3. The Morgan fingerprint density at radius 3 is 1.97 bits per heavy atom. The molecule has 1 aliphatic rings. The Morgan fingerprint density at radius 2 is 1.50 bits per heavy atom. The molecule has 30 heavy (non-hydrogen) atoms. The largest absolute Gasteiger partial charge is 0.183 e. The maximum atomic E-state index is 5.02. The molecule has 0 saturated carbocycles. The number of nitrogens with zero attached hydrogens (tertiary/aromatic N) is 5. The van der Waals surface area contributed by atoms with Crippen molar-refractivity contribution in [3.8, 4) is 20.9 Å². The highest BCUT2D eigenvalue weighted by Gasteiger charge is 2.27. The van der Waals surface area contributed by atoms with Gasteiger partial charge in [0.05, 0.1) is 29.0 Å². The maximum absolute atomic E-state index is 5.02. The van der Waals surface area contributed by atoms with E-state index in [0.717, 1.165) is 46.5 Å². The fourth-order valence-corrected chi connectivity index (χ4v) is 6.07. The number of aromatic nitrogens is 3. The van der Waals surface area contributed by atoms with Crippen molar-refractivity contribution >= 4 is 56.4 Å². The van der Waals surface area contributed by atoms with Crippen LogP contribution in [0.3, 0.4) is 0 Å². The standard InChI is InChI=1S/C22H23N5S3/c1-3-5-8-14(4-2)13-27-23-19-17(15-9-6-11-28-15)21-22(26-30-25-21)18(20(19)24-27)16-10-7-12-29-16/h6-7,9-12,14H,3-5,8,13H2,1-2H3. The fraction of sp³-hybridized carbons (Fsp3) is 0.364. The van der Waals surface area contributed by atoms with Gasteiger partial charge in [0, 0.05) is 9.75 Å². The van der Waals surface area contributed by atoms with Gasteiger partial charge < -0.3 is 0 Å². The number of thiophene rings is 2. The lowest BCUT2D eigenvalue weighted by Crippen LogP contribution is -2.12. The average molecular weight is 454 g/mol. The minimum absolute atomic E-state index is 0.596. The molecule has 0 fully saturated rings. The molecular formula is C22H23N5S3. The second-order valence-corrected chi connectivity index (χ2v) is 9.96. The third-order valence-corrected chi connectivity index (χ3v) is 7.89. The summed E-state index contributed by atoms with van der Waals surface area (Å²) in [7, 11) is 0. The first-order chi connectivity index (χ1) is 14.8. The number of fused-ring (bicyclic) bond motifs is 2. The molecule has 1 unspecified atom stereocenters. The summed E-state index contributed by atoms with van der Waals surface area (Å²) in [5.41, 5.74) is 5.87. The van der Waals surface area contributed by atoms with Crippen molar-refractivity contribution in [1.29, 1.82) is 0 Å². The number of hydrogen-bond donors (Lipinski definition) is 0. The predicted octanol–water partition coefficient (Wildman–Crippen LogP) is 7.83. The average Bonchev–Trinajstić information content (AvgIpc) is 3.55. The molecular weight excluding hydrogens is 430 g/mol. The van der Waals surface area contributed by atoms with Crippen LogP contribution in [0.25, 0.3) is 31.9 Å². The first kappa shape index (κ1) is 19.8. The van der Waals surface area contributed by atoms with Crippen molar-refractivity contribution < 1.29 is 0 Å². The Hall–Kier alpha value is -2.16. The summed E-state index contributed by atoms with van der Waals surface area (Å²) in [4.78, 5) is 4.26. The minimum Gasteiger partial charge on any atom is -0.183 e. The van der Waals surface area contributed by atoms with Crippen LogP contribution in [-0.4, -0.2) is 15.0 Å². The van der Waals surface area contributed by atoms with Gasteiger partial charge in [0.15, 0.2) is 0 Å². The van der Waals surface area contributed by atoms with Crippen molar-refractivity contribution in [3.05, 3.63) is 35.0 Å². The predicted molar refractivity (Wildman–Crippen MR) is 129 cm³/mol. The van der Waals surface area contributed by atoms with Crippen molar-refractivity contribution in [2.24, 2.45) is 14.6 Å². The smallest absolute Gasteiger partial charge is 0.124 e. The molecule has 1 aromatic carbocycles. The summed E-state index contributed by atoms with van der Waals surface area (Å²) in [6.45, 7) is 5.37. The topological polar surface area (TPSA) is 55.4 Å². The van der Waals surface area contributed by atoms with Crippen molar-refractivity contribution in [2.45, 2.75) is 46.1 Å². The molecule has 0 aliphatic carbocycles. The van der Waals surface area contributed by atoms with Crippen LogP contribution in [0.1, 0.15) is 39.5 Å². The highest BCUT2D eigenvalue weighted by Crippen LogP contribution is 2.52. The van der Waals surface area contributed by atoms with Crippen molar-refractivity contribution in [3.63, 3.8) is 0 Å². The second-order valence-electron chi connectivity index (χ2n) is 7.53. The molecule has 8 heteroatoms. The van der Waals surface area contributed by atoms with E-state index in [0.29, 0.717) is 5.92 Å². The first-order valence-electron chi connectivity index (χ1n) is 10.4. The van der Waals surface area contributed by atoms with Crippen LogP contribution in [0.5, 0.6) is 0 Å². The summed E-state index contributed by atoms with van der Waals surface area (Å²) in [6, 6.07) is 8.43. The summed E-state index contributed by atoms with van der Waals surface area (Å²) >= 11 is 4.69. The van der Waals surface area contributed by atoms with E-state index in [1.807, 2.05) is 4.80 Å². The zero-order valence-corrected chi connectivity index (χ0v) is 19.5. The van der Waals surface area contributed by atoms with E-state index in [1.165, 1.54) is 40.4 Å². The van der Waals surface area contributed by atoms with Crippen LogP contribution in [-0.2, 0) is 17.9 Å². The molecule has 5 rings (SSSR count). The monoisotopic (exact) mass is 453 g/mol. The van der Waals surface area contributed by atoms with Crippen LogP contribution in [0.15, 0.2) is 43.8 Å². The lowest BCUT2D eigenvalue weighted by atomic mass is 10.00. The molecule has 0 spiro atoms. The second kappa shape index (κ2) is 8.53. The summed E-state index contributed by atoms with van der Waals surface area (Å²) in [6.07, 6.45) is 4.84. The normalized spacial score (nSPS) is 13.7. The molecule has 4 aromatic rings. The molecule has 0 amide bonds. The van der Waals surface area contributed by atoms with E-state index in [4.69, 9.17) is 10.2 Å². The number of benzene rings is 1. The lowest BCUT2D eigenvalue weighted by molar-refractivity contribution is 0.351. The summed E-state index contributed by atoms with van der Waals surface area (Å²) in [5, 5.41) is 14.2. The van der Waals surface area contributed by atoms with Crippen LogP contribution in [0.4, 0.5) is 11.4 Å². The molecule has 1 aliphatic heterocycles. The van der Waals surface area contributed by atoms with E-state index in [1.54, 1.807) is 22.7 Å². The molecule has 154 valence electrons. The van der Waals surface area contributed by atoms with Gasteiger partial charge >= 0.3 is 0 Å².